The van der Waals surface area contributed by atoms with Crippen LogP contribution in [0.15, 0.2) is 57.4 Å². The lowest BCUT2D eigenvalue weighted by molar-refractivity contribution is 0.621. The van der Waals surface area contributed by atoms with Gasteiger partial charge in [-0.1, -0.05) is 29.8 Å². The number of halogens is 2. The summed E-state index contributed by atoms with van der Waals surface area (Å²) < 4.78 is 14.5. The number of aromatic nitrogens is 2. The maximum Gasteiger partial charge on any atom is 0.329 e. The minimum Gasteiger partial charge on any atom is -0.298 e. The lowest BCUT2D eigenvalue weighted by Gasteiger charge is -2.07. The Hall–Kier alpha value is -2.70. The Morgan fingerprint density at radius 3 is 2.74 bits per heavy atom. The van der Waals surface area contributed by atoms with Crippen LogP contribution in [-0.2, 0) is 6.54 Å². The predicted octanol–water partition coefficient (Wildman–Crippen LogP) is 4.57. The quantitative estimate of drug-likeness (QED) is 0.547. The molecule has 4 nitrogen and oxygen atoms in total. The number of hydrogen-bond donors (Lipinski definition) is 1. The average Bonchev–Trinajstić information content (AvgIpc) is 3.05. The van der Waals surface area contributed by atoms with E-state index in [1.807, 2.05) is 24.4 Å². The van der Waals surface area contributed by atoms with Gasteiger partial charge in [0.15, 0.2) is 0 Å². The van der Waals surface area contributed by atoms with Gasteiger partial charge in [-0.25, -0.2) is 9.18 Å². The molecule has 0 spiro atoms. The number of thiophene rings is 1. The summed E-state index contributed by atoms with van der Waals surface area (Å²) in [4.78, 5) is 28.7. The summed E-state index contributed by atoms with van der Waals surface area (Å²) in [7, 11) is 0. The van der Waals surface area contributed by atoms with Gasteiger partial charge < -0.3 is 0 Å². The molecule has 27 heavy (non-hydrogen) atoms. The predicted molar refractivity (Wildman–Crippen MR) is 107 cm³/mol. The average molecular weight is 401 g/mol. The van der Waals surface area contributed by atoms with Crippen LogP contribution < -0.4 is 11.2 Å². The van der Waals surface area contributed by atoms with E-state index >= 15 is 0 Å². The van der Waals surface area contributed by atoms with E-state index in [1.54, 1.807) is 18.2 Å². The number of benzene rings is 2. The maximum absolute atomic E-state index is 13.4. The highest BCUT2D eigenvalue weighted by Crippen LogP contribution is 2.32. The van der Waals surface area contributed by atoms with Gasteiger partial charge in [-0.15, -0.1) is 11.3 Å². The molecule has 0 amide bonds. The van der Waals surface area contributed by atoms with Gasteiger partial charge in [0.2, 0.25) is 0 Å². The molecule has 7 heteroatoms. The highest BCUT2D eigenvalue weighted by atomic mass is 35.5. The first-order valence-corrected chi connectivity index (χ1v) is 9.45. The summed E-state index contributed by atoms with van der Waals surface area (Å²) in [6.07, 6.45) is 0. The number of aryl methyl sites for hydroxylation is 1. The largest absolute Gasteiger partial charge is 0.329 e. The number of nitrogens with zero attached hydrogens (tertiary/aromatic N) is 1. The molecule has 0 aliphatic carbocycles. The zero-order chi connectivity index (χ0) is 19.1. The number of nitrogens with one attached hydrogen (secondary N) is 1. The standard InChI is InChI=1S/C20H14ClFN2O2S/c1-11-7-13(5-6-16(11)21)15-10-27-18-17(15)19(25)24(20(26)23-18)9-12-3-2-4-14(22)8-12/h2-8,10H,9H2,1H3,(H,23,26). The van der Waals surface area contributed by atoms with Crippen molar-refractivity contribution in [2.24, 2.45) is 0 Å². The first-order valence-electron chi connectivity index (χ1n) is 8.19. The van der Waals surface area contributed by atoms with E-state index < -0.39 is 17.1 Å². The summed E-state index contributed by atoms with van der Waals surface area (Å²) in [5.41, 5.74) is 2.12. The normalized spacial score (nSPS) is 11.2. The monoisotopic (exact) mass is 400 g/mol. The summed E-state index contributed by atoms with van der Waals surface area (Å²) in [5, 5.41) is 2.94. The molecule has 136 valence electrons. The van der Waals surface area contributed by atoms with E-state index in [-0.39, 0.29) is 6.54 Å². The van der Waals surface area contributed by atoms with E-state index in [1.165, 1.54) is 23.5 Å². The van der Waals surface area contributed by atoms with E-state index in [0.29, 0.717) is 20.8 Å². The van der Waals surface area contributed by atoms with Crippen molar-refractivity contribution >= 4 is 33.2 Å². The zero-order valence-electron chi connectivity index (χ0n) is 14.3. The molecule has 2 heterocycles. The number of rotatable bonds is 3. The van der Waals surface area contributed by atoms with Crippen molar-refractivity contribution < 1.29 is 4.39 Å². The zero-order valence-corrected chi connectivity index (χ0v) is 15.8. The van der Waals surface area contributed by atoms with E-state index in [2.05, 4.69) is 4.98 Å². The van der Waals surface area contributed by atoms with Gasteiger partial charge in [-0.05, 0) is 47.9 Å². The van der Waals surface area contributed by atoms with Gasteiger partial charge in [0.05, 0.1) is 11.9 Å². The van der Waals surface area contributed by atoms with Gasteiger partial charge in [0, 0.05) is 16.0 Å². The molecule has 2 aromatic heterocycles. The third-order valence-electron chi connectivity index (χ3n) is 4.41. The van der Waals surface area contributed by atoms with Crippen molar-refractivity contribution in [3.05, 3.63) is 90.6 Å². The Morgan fingerprint density at radius 2 is 2.00 bits per heavy atom. The molecule has 4 rings (SSSR count). The topological polar surface area (TPSA) is 54.9 Å². The first-order chi connectivity index (χ1) is 12.9. The third-order valence-corrected chi connectivity index (χ3v) is 5.73. The molecule has 0 radical (unpaired) electrons. The smallest absolute Gasteiger partial charge is 0.298 e. The Kier molecular flexibility index (Phi) is 4.45. The van der Waals surface area contributed by atoms with Crippen LogP contribution in [0.25, 0.3) is 21.3 Å². The van der Waals surface area contributed by atoms with Crippen molar-refractivity contribution in [1.82, 2.24) is 9.55 Å². The molecular formula is C20H14ClFN2O2S. The Bertz CT molecular complexity index is 1290. The second-order valence-corrected chi connectivity index (χ2v) is 7.56. The SMILES string of the molecule is Cc1cc(-c2csc3[nH]c(=O)n(Cc4cccc(F)c4)c(=O)c23)ccc1Cl. The van der Waals surface area contributed by atoms with Crippen LogP contribution in [0.2, 0.25) is 5.02 Å². The fourth-order valence-electron chi connectivity index (χ4n) is 3.04. The van der Waals surface area contributed by atoms with Crippen molar-refractivity contribution in [1.29, 1.82) is 0 Å². The molecule has 1 N–H and O–H groups in total. The molecule has 4 aromatic rings. The van der Waals surface area contributed by atoms with Crippen LogP contribution in [0.3, 0.4) is 0 Å². The van der Waals surface area contributed by atoms with E-state index in [4.69, 9.17) is 11.6 Å². The van der Waals surface area contributed by atoms with Crippen molar-refractivity contribution in [2.75, 3.05) is 0 Å². The fourth-order valence-corrected chi connectivity index (χ4v) is 4.11. The Balaban J connectivity index is 1.90. The van der Waals surface area contributed by atoms with Crippen LogP contribution in [0.1, 0.15) is 11.1 Å². The molecule has 2 aromatic carbocycles. The van der Waals surface area contributed by atoms with Gasteiger partial charge >= 0.3 is 5.69 Å². The van der Waals surface area contributed by atoms with Crippen LogP contribution in [0, 0.1) is 12.7 Å². The molecule has 0 fully saturated rings. The molecule has 0 atom stereocenters. The number of fused-ring (bicyclic) bond motifs is 1. The highest BCUT2D eigenvalue weighted by molar-refractivity contribution is 7.17. The third kappa shape index (κ3) is 3.22. The Morgan fingerprint density at radius 1 is 1.19 bits per heavy atom. The van der Waals surface area contributed by atoms with Gasteiger partial charge in [-0.3, -0.25) is 14.3 Å². The van der Waals surface area contributed by atoms with E-state index in [9.17, 15) is 14.0 Å². The fraction of sp³-hybridized carbons (Fsp3) is 0.100. The molecule has 0 bridgehead atoms. The molecular weight excluding hydrogens is 387 g/mol. The van der Waals surface area contributed by atoms with Gasteiger partial charge in [0.1, 0.15) is 10.6 Å². The minimum absolute atomic E-state index is 0.00318. The summed E-state index contributed by atoms with van der Waals surface area (Å²) in [6.45, 7) is 1.89. The Labute approximate surface area is 162 Å². The van der Waals surface area contributed by atoms with Crippen LogP contribution in [0.4, 0.5) is 4.39 Å². The second kappa shape index (κ2) is 6.79. The first kappa shape index (κ1) is 17.7. The molecule has 0 aliphatic heterocycles. The number of aromatic amines is 1. The van der Waals surface area contributed by atoms with Gasteiger partial charge in [0.25, 0.3) is 5.56 Å². The highest BCUT2D eigenvalue weighted by Gasteiger charge is 2.16. The van der Waals surface area contributed by atoms with Crippen LogP contribution in [-0.4, -0.2) is 9.55 Å². The lowest BCUT2D eigenvalue weighted by atomic mass is 10.0. The maximum atomic E-state index is 13.4. The van der Waals surface area contributed by atoms with Crippen LogP contribution >= 0.6 is 22.9 Å². The van der Waals surface area contributed by atoms with E-state index in [0.717, 1.165) is 21.3 Å². The van der Waals surface area contributed by atoms with Crippen molar-refractivity contribution in [2.45, 2.75) is 13.5 Å². The van der Waals surface area contributed by atoms with Gasteiger partial charge in [-0.2, -0.15) is 0 Å². The molecule has 0 saturated carbocycles. The van der Waals surface area contributed by atoms with Crippen LogP contribution in [0.5, 0.6) is 0 Å². The molecule has 0 saturated heterocycles. The lowest BCUT2D eigenvalue weighted by Crippen LogP contribution is -2.35. The second-order valence-electron chi connectivity index (χ2n) is 6.27. The van der Waals surface area contributed by atoms with Crippen molar-refractivity contribution in [3.8, 4) is 11.1 Å². The number of H-pyrrole nitrogens is 1. The number of hydrogen-bond acceptors (Lipinski definition) is 3. The summed E-state index contributed by atoms with van der Waals surface area (Å²) >= 11 is 7.40. The van der Waals surface area contributed by atoms with Crippen molar-refractivity contribution in [3.63, 3.8) is 0 Å². The summed E-state index contributed by atoms with van der Waals surface area (Å²) in [5.74, 6) is -0.411. The minimum atomic E-state index is -0.516. The summed E-state index contributed by atoms with van der Waals surface area (Å²) in [6, 6.07) is 11.4. The molecule has 0 unspecified atom stereocenters. The molecule has 0 aliphatic rings.